The van der Waals surface area contributed by atoms with Crippen molar-refractivity contribution in [1.82, 2.24) is 19.7 Å². The molecule has 0 aliphatic heterocycles. The molecule has 3 aromatic heterocycles. The van der Waals surface area contributed by atoms with Gasteiger partial charge >= 0.3 is 0 Å². The molecule has 0 atom stereocenters. The van der Waals surface area contributed by atoms with Crippen LogP contribution in [0, 0.1) is 20.8 Å². The van der Waals surface area contributed by atoms with Crippen LogP contribution in [0.5, 0.6) is 0 Å². The molecule has 29 heavy (non-hydrogen) atoms. The smallest absolute Gasteiger partial charge is 0.256 e. The molecule has 0 fully saturated rings. The Balaban J connectivity index is 1.77. The van der Waals surface area contributed by atoms with Crippen molar-refractivity contribution in [2.75, 3.05) is 5.32 Å². The summed E-state index contributed by atoms with van der Waals surface area (Å²) in [6, 6.07) is 12.0. The molecule has 4 aromatic rings. The van der Waals surface area contributed by atoms with E-state index >= 15 is 0 Å². The third-order valence-corrected chi connectivity index (χ3v) is 4.55. The molecule has 0 spiro atoms. The Kier molecular flexibility index (Phi) is 4.59. The van der Waals surface area contributed by atoms with Crippen molar-refractivity contribution in [3.05, 3.63) is 81.5 Å². The van der Waals surface area contributed by atoms with Gasteiger partial charge in [-0.15, -0.1) is 0 Å². The molecule has 0 saturated heterocycles. The van der Waals surface area contributed by atoms with Crippen molar-refractivity contribution in [2.24, 2.45) is 0 Å². The maximum atomic E-state index is 12.8. The molecule has 146 valence electrons. The topological polar surface area (TPSA) is 106 Å². The molecule has 8 nitrogen and oxygen atoms in total. The number of hydrogen-bond acceptors (Lipinski definition) is 5. The van der Waals surface area contributed by atoms with E-state index in [0.717, 1.165) is 11.1 Å². The number of amides is 1. The molecular weight excluding hydrogens is 370 g/mol. The summed E-state index contributed by atoms with van der Waals surface area (Å²) in [5.74, 6) is 0.784. The minimum absolute atomic E-state index is 0.197. The van der Waals surface area contributed by atoms with Gasteiger partial charge < -0.3 is 9.73 Å². The van der Waals surface area contributed by atoms with Crippen molar-refractivity contribution in [2.45, 2.75) is 20.8 Å². The van der Waals surface area contributed by atoms with Crippen LogP contribution in [0.2, 0.25) is 0 Å². The number of aromatic amines is 1. The Morgan fingerprint density at radius 2 is 1.93 bits per heavy atom. The molecule has 3 heterocycles. The van der Waals surface area contributed by atoms with Crippen LogP contribution in [-0.4, -0.2) is 25.7 Å². The number of nitrogens with one attached hydrogen (secondary N) is 2. The maximum absolute atomic E-state index is 12.8. The summed E-state index contributed by atoms with van der Waals surface area (Å²) in [5.41, 5.74) is 3.36. The van der Waals surface area contributed by atoms with Gasteiger partial charge in [-0.05, 0) is 56.2 Å². The molecule has 0 bridgehead atoms. The summed E-state index contributed by atoms with van der Waals surface area (Å²) in [5, 5.41) is 7.31. The third-order valence-electron chi connectivity index (χ3n) is 4.55. The number of aromatic nitrogens is 4. The average Bonchev–Trinajstić information content (AvgIpc) is 3.33. The Hall–Kier alpha value is -3.94. The molecule has 8 heteroatoms. The maximum Gasteiger partial charge on any atom is 0.256 e. The van der Waals surface area contributed by atoms with Gasteiger partial charge in [0.05, 0.1) is 6.26 Å². The van der Waals surface area contributed by atoms with Gasteiger partial charge in [0, 0.05) is 23.4 Å². The van der Waals surface area contributed by atoms with E-state index in [1.165, 1.54) is 17.0 Å². The number of carbonyl (C=O) groups is 1. The Morgan fingerprint density at radius 3 is 2.62 bits per heavy atom. The van der Waals surface area contributed by atoms with E-state index in [2.05, 4.69) is 20.4 Å². The Labute approximate surface area is 166 Å². The second kappa shape index (κ2) is 7.23. The van der Waals surface area contributed by atoms with Crippen molar-refractivity contribution < 1.29 is 9.21 Å². The lowest BCUT2D eigenvalue weighted by Gasteiger charge is -2.09. The molecule has 0 radical (unpaired) electrons. The number of H-pyrrole nitrogens is 1. The van der Waals surface area contributed by atoms with Gasteiger partial charge in [-0.2, -0.15) is 9.78 Å². The van der Waals surface area contributed by atoms with Crippen LogP contribution in [0.15, 0.2) is 57.9 Å². The van der Waals surface area contributed by atoms with Crippen LogP contribution in [0.4, 0.5) is 5.82 Å². The van der Waals surface area contributed by atoms with Crippen molar-refractivity contribution in [3.8, 4) is 17.4 Å². The quantitative estimate of drug-likeness (QED) is 0.556. The third kappa shape index (κ3) is 3.73. The number of furan rings is 1. The minimum atomic E-state index is -0.311. The summed E-state index contributed by atoms with van der Waals surface area (Å²) in [7, 11) is 0. The lowest BCUT2D eigenvalue weighted by molar-refractivity contribution is 0.102. The number of anilines is 1. The normalized spacial score (nSPS) is 10.9. The SMILES string of the molecule is Cc1cc(=O)[nH]c(-n2nc(-c3ccco3)cc2NC(=O)c2ccc(C)c(C)c2)n1. The second-order valence-corrected chi connectivity index (χ2v) is 6.77. The van der Waals surface area contributed by atoms with Gasteiger partial charge in [-0.3, -0.25) is 14.6 Å². The molecule has 4 rings (SSSR count). The molecule has 1 amide bonds. The first-order chi connectivity index (χ1) is 13.9. The molecular formula is C21H19N5O3. The van der Waals surface area contributed by atoms with Crippen LogP contribution < -0.4 is 10.9 Å². The number of aryl methyl sites for hydroxylation is 3. The van der Waals surface area contributed by atoms with Crippen molar-refractivity contribution in [3.63, 3.8) is 0 Å². The van der Waals surface area contributed by atoms with Crippen molar-refractivity contribution >= 4 is 11.7 Å². The van der Waals surface area contributed by atoms with E-state index in [4.69, 9.17) is 4.42 Å². The standard InChI is InChI=1S/C21H19N5O3/c1-12-6-7-15(9-13(12)2)20(28)23-18-11-16(17-5-4-8-29-17)25-26(18)21-22-14(3)10-19(27)24-21/h4-11H,1-3H3,(H,23,28)(H,22,24,27). The van der Waals surface area contributed by atoms with Crippen LogP contribution in [0.1, 0.15) is 27.2 Å². The van der Waals surface area contributed by atoms with Gasteiger partial charge in [0.1, 0.15) is 11.5 Å². The zero-order valence-corrected chi connectivity index (χ0v) is 16.2. The summed E-state index contributed by atoms with van der Waals surface area (Å²) in [6.07, 6.45) is 1.54. The first-order valence-corrected chi connectivity index (χ1v) is 9.01. The average molecular weight is 389 g/mol. The monoisotopic (exact) mass is 389 g/mol. The van der Waals surface area contributed by atoms with Crippen LogP contribution in [0.25, 0.3) is 17.4 Å². The first kappa shape index (κ1) is 18.4. The summed E-state index contributed by atoms with van der Waals surface area (Å²) >= 11 is 0. The predicted molar refractivity (Wildman–Crippen MR) is 108 cm³/mol. The summed E-state index contributed by atoms with van der Waals surface area (Å²) in [4.78, 5) is 31.7. The predicted octanol–water partition coefficient (Wildman–Crippen LogP) is 3.39. The molecule has 0 unspecified atom stereocenters. The summed E-state index contributed by atoms with van der Waals surface area (Å²) < 4.78 is 6.79. The van der Waals surface area contributed by atoms with E-state index in [-0.39, 0.29) is 17.4 Å². The lowest BCUT2D eigenvalue weighted by atomic mass is 10.1. The number of carbonyl (C=O) groups excluding carboxylic acids is 1. The van der Waals surface area contributed by atoms with Gasteiger partial charge in [0.25, 0.3) is 11.5 Å². The summed E-state index contributed by atoms with van der Waals surface area (Å²) in [6.45, 7) is 5.65. The molecule has 0 saturated carbocycles. The van der Waals surface area contributed by atoms with Gasteiger partial charge in [0.15, 0.2) is 5.76 Å². The zero-order valence-electron chi connectivity index (χ0n) is 16.2. The second-order valence-electron chi connectivity index (χ2n) is 6.77. The molecule has 0 aliphatic carbocycles. The molecule has 1 aromatic carbocycles. The fraction of sp³-hybridized carbons (Fsp3) is 0.143. The van der Waals surface area contributed by atoms with Crippen LogP contribution in [-0.2, 0) is 0 Å². The highest BCUT2D eigenvalue weighted by molar-refractivity contribution is 6.04. The van der Waals surface area contributed by atoms with Crippen molar-refractivity contribution in [1.29, 1.82) is 0 Å². The highest BCUT2D eigenvalue weighted by Crippen LogP contribution is 2.24. The van der Waals surface area contributed by atoms with E-state index < -0.39 is 0 Å². The van der Waals surface area contributed by atoms with E-state index in [1.54, 1.807) is 31.2 Å². The highest BCUT2D eigenvalue weighted by Gasteiger charge is 2.18. The first-order valence-electron chi connectivity index (χ1n) is 9.01. The largest absolute Gasteiger partial charge is 0.463 e. The lowest BCUT2D eigenvalue weighted by Crippen LogP contribution is -2.19. The van der Waals surface area contributed by atoms with Crippen LogP contribution in [0.3, 0.4) is 0 Å². The highest BCUT2D eigenvalue weighted by atomic mass is 16.3. The van der Waals surface area contributed by atoms with E-state index in [1.807, 2.05) is 26.0 Å². The fourth-order valence-corrected chi connectivity index (χ4v) is 2.91. The van der Waals surface area contributed by atoms with E-state index in [0.29, 0.717) is 28.5 Å². The van der Waals surface area contributed by atoms with Gasteiger partial charge in [-0.1, -0.05) is 6.07 Å². The number of rotatable bonds is 4. The number of benzene rings is 1. The fourth-order valence-electron chi connectivity index (χ4n) is 2.91. The number of hydrogen-bond donors (Lipinski definition) is 2. The zero-order chi connectivity index (χ0) is 20.5. The van der Waals surface area contributed by atoms with E-state index in [9.17, 15) is 9.59 Å². The molecule has 2 N–H and O–H groups in total. The minimum Gasteiger partial charge on any atom is -0.463 e. The van der Waals surface area contributed by atoms with Gasteiger partial charge in [0.2, 0.25) is 5.95 Å². The Bertz CT molecular complexity index is 1250. The Morgan fingerprint density at radius 1 is 1.10 bits per heavy atom. The van der Waals surface area contributed by atoms with Gasteiger partial charge in [-0.25, -0.2) is 4.98 Å². The number of nitrogens with zero attached hydrogens (tertiary/aromatic N) is 3. The van der Waals surface area contributed by atoms with Crippen LogP contribution >= 0.6 is 0 Å². The molecule has 0 aliphatic rings.